The van der Waals surface area contributed by atoms with Crippen molar-refractivity contribution in [1.82, 2.24) is 15.0 Å². The summed E-state index contributed by atoms with van der Waals surface area (Å²) in [7, 11) is 1.65. The van der Waals surface area contributed by atoms with Crippen LogP contribution in [0.4, 0.5) is 26.1 Å². The lowest BCUT2D eigenvalue weighted by Gasteiger charge is -2.34. The van der Waals surface area contributed by atoms with E-state index >= 15 is 0 Å². The van der Waals surface area contributed by atoms with Crippen molar-refractivity contribution in [3.05, 3.63) is 24.2 Å². The van der Waals surface area contributed by atoms with Crippen LogP contribution in [0.3, 0.4) is 0 Å². The number of aromatic nitrogens is 3. The van der Waals surface area contributed by atoms with Crippen LogP contribution in [0.25, 0.3) is 0 Å². The third-order valence-electron chi connectivity index (χ3n) is 5.02. The molecule has 172 valence electrons. The average Bonchev–Trinajstić information content (AvgIpc) is 3.48. The van der Waals surface area contributed by atoms with Gasteiger partial charge in [0.05, 0.1) is 18.0 Å². The fourth-order valence-electron chi connectivity index (χ4n) is 3.11. The topological polar surface area (TPSA) is 107 Å². The molecule has 2 aliphatic carbocycles. The second kappa shape index (κ2) is 8.81. The van der Waals surface area contributed by atoms with Crippen LogP contribution in [0.1, 0.15) is 45.4 Å². The number of carbonyl (C=O) groups is 1. The fourth-order valence-corrected chi connectivity index (χ4v) is 3.11. The third-order valence-corrected chi connectivity index (χ3v) is 5.02. The summed E-state index contributed by atoms with van der Waals surface area (Å²) >= 11 is 0. The number of rotatable bonds is 9. The standard InChI is InChI=1S/C21H25F2N5O4/c1-11(29)25-17-8-15(16(10-24-17)31-14-6-13(7-14)30-3)26-18-9-19(32-12-4-5-12)28-20(27-18)21(2,22)23/h8-10,12-14H,4-7H2,1-3H3,(H2,24,25,26,27,28,29). The summed E-state index contributed by atoms with van der Waals surface area (Å²) in [5.41, 5.74) is 0.408. The highest BCUT2D eigenvalue weighted by Gasteiger charge is 2.33. The molecule has 0 atom stereocenters. The number of ether oxygens (including phenoxy) is 3. The molecule has 2 aliphatic rings. The lowest BCUT2D eigenvalue weighted by atomic mass is 9.92. The Balaban J connectivity index is 1.62. The maximum atomic E-state index is 14.0. The zero-order chi connectivity index (χ0) is 22.9. The molecular formula is C21H25F2N5O4. The summed E-state index contributed by atoms with van der Waals surface area (Å²) in [5.74, 6) is -3.35. The van der Waals surface area contributed by atoms with Crippen molar-refractivity contribution in [3.63, 3.8) is 0 Å². The van der Waals surface area contributed by atoms with Gasteiger partial charge in [0.15, 0.2) is 5.75 Å². The smallest absolute Gasteiger partial charge is 0.304 e. The maximum absolute atomic E-state index is 14.0. The second-order valence-electron chi connectivity index (χ2n) is 8.06. The summed E-state index contributed by atoms with van der Waals surface area (Å²) < 4.78 is 44.9. The quantitative estimate of drug-likeness (QED) is 0.596. The Bertz CT molecular complexity index is 991. The van der Waals surface area contributed by atoms with Crippen LogP contribution in [-0.2, 0) is 15.5 Å². The van der Waals surface area contributed by atoms with Crippen molar-refractivity contribution in [2.75, 3.05) is 17.7 Å². The molecule has 4 rings (SSSR count). The molecule has 0 spiro atoms. The van der Waals surface area contributed by atoms with E-state index < -0.39 is 11.7 Å². The average molecular weight is 449 g/mol. The first-order valence-corrected chi connectivity index (χ1v) is 10.4. The Kier molecular flexibility index (Phi) is 6.09. The number of anilines is 3. The van der Waals surface area contributed by atoms with Crippen LogP contribution in [0.2, 0.25) is 0 Å². The molecule has 2 fully saturated rings. The van der Waals surface area contributed by atoms with Gasteiger partial charge in [0.1, 0.15) is 23.8 Å². The number of amides is 1. The Morgan fingerprint density at radius 1 is 1.09 bits per heavy atom. The van der Waals surface area contributed by atoms with Crippen molar-refractivity contribution in [1.29, 1.82) is 0 Å². The Morgan fingerprint density at radius 3 is 2.47 bits per heavy atom. The molecule has 11 heteroatoms. The van der Waals surface area contributed by atoms with E-state index in [1.165, 1.54) is 19.2 Å². The largest absolute Gasteiger partial charge is 0.486 e. The first-order valence-electron chi connectivity index (χ1n) is 10.4. The van der Waals surface area contributed by atoms with Crippen molar-refractivity contribution < 1.29 is 27.8 Å². The molecule has 2 saturated carbocycles. The number of carbonyl (C=O) groups excluding carboxylic acids is 1. The lowest BCUT2D eigenvalue weighted by Crippen LogP contribution is -2.38. The molecule has 1 amide bonds. The van der Waals surface area contributed by atoms with Gasteiger partial charge in [-0.3, -0.25) is 4.79 Å². The number of pyridine rings is 1. The normalized spacial score (nSPS) is 20.3. The van der Waals surface area contributed by atoms with E-state index in [-0.39, 0.29) is 41.7 Å². The summed E-state index contributed by atoms with van der Waals surface area (Å²) in [6, 6.07) is 3.01. The van der Waals surface area contributed by atoms with Crippen LogP contribution in [-0.4, -0.2) is 46.3 Å². The van der Waals surface area contributed by atoms with E-state index in [9.17, 15) is 13.6 Å². The zero-order valence-electron chi connectivity index (χ0n) is 18.0. The van der Waals surface area contributed by atoms with E-state index in [1.807, 2.05) is 0 Å². The van der Waals surface area contributed by atoms with E-state index in [0.717, 1.165) is 32.6 Å². The van der Waals surface area contributed by atoms with E-state index in [2.05, 4.69) is 25.6 Å². The zero-order valence-corrected chi connectivity index (χ0v) is 18.0. The highest BCUT2D eigenvalue weighted by molar-refractivity contribution is 5.88. The highest BCUT2D eigenvalue weighted by Crippen LogP contribution is 2.36. The molecule has 9 nitrogen and oxygen atoms in total. The number of hydrogen-bond acceptors (Lipinski definition) is 8. The molecule has 0 bridgehead atoms. The third kappa shape index (κ3) is 5.58. The number of nitrogens with zero attached hydrogens (tertiary/aromatic N) is 3. The monoisotopic (exact) mass is 449 g/mol. The summed E-state index contributed by atoms with van der Waals surface area (Å²) in [5, 5.41) is 5.59. The van der Waals surface area contributed by atoms with Gasteiger partial charge >= 0.3 is 5.92 Å². The lowest BCUT2D eigenvalue weighted by molar-refractivity contribution is -0.114. The maximum Gasteiger partial charge on any atom is 0.304 e. The molecule has 2 N–H and O–H groups in total. The van der Waals surface area contributed by atoms with Gasteiger partial charge in [0.2, 0.25) is 17.6 Å². The van der Waals surface area contributed by atoms with Crippen LogP contribution in [0.15, 0.2) is 18.3 Å². The van der Waals surface area contributed by atoms with Crippen molar-refractivity contribution in [2.45, 2.75) is 63.8 Å². The molecule has 0 radical (unpaired) electrons. The Morgan fingerprint density at radius 2 is 1.84 bits per heavy atom. The molecule has 0 aromatic carbocycles. The molecule has 0 saturated heterocycles. The molecule has 2 aromatic heterocycles. The van der Waals surface area contributed by atoms with Gasteiger partial charge in [0.25, 0.3) is 0 Å². The van der Waals surface area contributed by atoms with Gasteiger partial charge < -0.3 is 24.8 Å². The number of nitrogens with one attached hydrogen (secondary N) is 2. The van der Waals surface area contributed by atoms with Gasteiger partial charge in [-0.2, -0.15) is 13.8 Å². The SMILES string of the molecule is COC1CC(Oc2cnc(NC(C)=O)cc2Nc2cc(OC3CC3)nc(C(C)(F)F)n2)C1. The van der Waals surface area contributed by atoms with Crippen molar-refractivity contribution >= 4 is 23.2 Å². The van der Waals surface area contributed by atoms with Gasteiger partial charge in [0, 0.05) is 45.9 Å². The fraction of sp³-hybridized carbons (Fsp3) is 0.524. The molecule has 2 heterocycles. The van der Waals surface area contributed by atoms with Crippen LogP contribution < -0.4 is 20.1 Å². The number of halogens is 2. The summed E-state index contributed by atoms with van der Waals surface area (Å²) in [6.45, 7) is 2.09. The van der Waals surface area contributed by atoms with Gasteiger partial charge in [-0.15, -0.1) is 0 Å². The highest BCUT2D eigenvalue weighted by atomic mass is 19.3. The summed E-state index contributed by atoms with van der Waals surface area (Å²) in [4.78, 5) is 23.4. The van der Waals surface area contributed by atoms with E-state index in [4.69, 9.17) is 14.2 Å². The van der Waals surface area contributed by atoms with Crippen LogP contribution >= 0.6 is 0 Å². The number of alkyl halides is 2. The van der Waals surface area contributed by atoms with Crippen LogP contribution in [0.5, 0.6) is 11.6 Å². The second-order valence-corrected chi connectivity index (χ2v) is 8.06. The first kappa shape index (κ1) is 22.1. The molecular weight excluding hydrogens is 424 g/mol. The van der Waals surface area contributed by atoms with E-state index in [0.29, 0.717) is 11.4 Å². The summed E-state index contributed by atoms with van der Waals surface area (Å²) in [6.07, 6.45) is 4.68. The molecule has 0 unspecified atom stereocenters. The van der Waals surface area contributed by atoms with Gasteiger partial charge in [-0.25, -0.2) is 9.97 Å². The minimum Gasteiger partial charge on any atom is -0.486 e. The van der Waals surface area contributed by atoms with E-state index in [1.54, 1.807) is 13.2 Å². The molecule has 2 aromatic rings. The minimum atomic E-state index is -3.25. The van der Waals surface area contributed by atoms with Gasteiger partial charge in [-0.1, -0.05) is 0 Å². The number of methoxy groups -OCH3 is 1. The van der Waals surface area contributed by atoms with Crippen molar-refractivity contribution in [3.8, 4) is 11.6 Å². The minimum absolute atomic E-state index is 0.0189. The first-order chi connectivity index (χ1) is 15.2. The number of hydrogen-bond donors (Lipinski definition) is 2. The Hall–Kier alpha value is -3.08. The molecule has 32 heavy (non-hydrogen) atoms. The van der Waals surface area contributed by atoms with Crippen LogP contribution in [0, 0.1) is 0 Å². The Labute approximate surface area is 183 Å². The van der Waals surface area contributed by atoms with Crippen molar-refractivity contribution in [2.24, 2.45) is 0 Å². The predicted molar refractivity (Wildman–Crippen MR) is 112 cm³/mol. The molecule has 0 aliphatic heterocycles. The van der Waals surface area contributed by atoms with Gasteiger partial charge in [-0.05, 0) is 12.8 Å². The predicted octanol–water partition coefficient (Wildman–Crippen LogP) is 3.78.